The number of carboxylic acids is 1. The molecular weight excluding hydrogens is 366 g/mol. The van der Waals surface area contributed by atoms with Gasteiger partial charge in [-0.2, -0.15) is 0 Å². The molecule has 2 amide bonds. The molecule has 29 heavy (non-hydrogen) atoms. The summed E-state index contributed by atoms with van der Waals surface area (Å²) in [4.78, 5) is 29.1. The number of para-hydroxylation sites is 1. The first kappa shape index (κ1) is 19.1. The van der Waals surface area contributed by atoms with Crippen molar-refractivity contribution in [3.05, 3.63) is 71.9 Å². The van der Waals surface area contributed by atoms with Crippen molar-refractivity contribution in [1.82, 2.24) is 15.2 Å². The van der Waals surface area contributed by atoms with E-state index in [1.54, 1.807) is 11.8 Å². The summed E-state index contributed by atoms with van der Waals surface area (Å²) in [6.07, 6.45) is 2.48. The van der Waals surface area contributed by atoms with Gasteiger partial charge in [0.05, 0.1) is 5.41 Å². The number of hydrogen-bond donors (Lipinski definition) is 3. The Balaban J connectivity index is 1.54. The van der Waals surface area contributed by atoms with E-state index in [2.05, 4.69) is 28.5 Å². The van der Waals surface area contributed by atoms with Crippen molar-refractivity contribution >= 4 is 22.9 Å². The van der Waals surface area contributed by atoms with Crippen LogP contribution in [-0.4, -0.2) is 46.6 Å². The van der Waals surface area contributed by atoms with Crippen LogP contribution >= 0.6 is 0 Å². The lowest BCUT2D eigenvalue weighted by atomic mass is 9.90. The number of rotatable bonds is 5. The molecule has 1 saturated heterocycles. The van der Waals surface area contributed by atoms with E-state index in [-0.39, 0.29) is 18.5 Å². The van der Waals surface area contributed by atoms with E-state index in [0.29, 0.717) is 19.5 Å². The summed E-state index contributed by atoms with van der Waals surface area (Å²) < 4.78 is 0. The number of nitrogens with zero attached hydrogens (tertiary/aromatic N) is 1. The first-order chi connectivity index (χ1) is 14.0. The smallest absolute Gasteiger partial charge is 0.317 e. The molecule has 1 aromatic heterocycles. The second kappa shape index (κ2) is 7.62. The van der Waals surface area contributed by atoms with Crippen molar-refractivity contribution < 1.29 is 14.7 Å². The molecule has 0 aliphatic carbocycles. The molecule has 3 aromatic rings. The van der Waals surface area contributed by atoms with Crippen molar-refractivity contribution in [3.8, 4) is 0 Å². The Labute approximate surface area is 169 Å². The van der Waals surface area contributed by atoms with E-state index < -0.39 is 11.4 Å². The molecule has 0 spiro atoms. The number of carbonyl (C=O) groups is 2. The van der Waals surface area contributed by atoms with Crippen LogP contribution in [-0.2, 0) is 4.79 Å². The van der Waals surface area contributed by atoms with Gasteiger partial charge in [-0.1, -0.05) is 48.5 Å². The summed E-state index contributed by atoms with van der Waals surface area (Å²) in [5.74, 6) is -0.862. The fourth-order valence-corrected chi connectivity index (χ4v) is 4.09. The minimum absolute atomic E-state index is 0.00948. The number of amides is 2. The van der Waals surface area contributed by atoms with Gasteiger partial charge < -0.3 is 20.3 Å². The van der Waals surface area contributed by atoms with Gasteiger partial charge in [0.25, 0.3) is 0 Å². The van der Waals surface area contributed by atoms with Gasteiger partial charge in [-0.3, -0.25) is 4.79 Å². The first-order valence-electron chi connectivity index (χ1n) is 9.85. The number of likely N-dealkylation sites (tertiary alicyclic amines) is 1. The molecule has 0 bridgehead atoms. The monoisotopic (exact) mass is 391 g/mol. The van der Waals surface area contributed by atoms with Gasteiger partial charge in [0.2, 0.25) is 0 Å². The fourth-order valence-electron chi connectivity index (χ4n) is 4.09. The van der Waals surface area contributed by atoms with Gasteiger partial charge in [0, 0.05) is 42.7 Å². The molecule has 2 heterocycles. The molecular formula is C23H25N3O3. The molecule has 1 aliphatic heterocycles. The SMILES string of the molecule is CC1(C(=O)O)CCN(C(=O)NCC(c2ccccc2)c2c[nH]c3ccccc23)C1. The molecule has 4 rings (SSSR count). The highest BCUT2D eigenvalue weighted by atomic mass is 16.4. The van der Waals surface area contributed by atoms with Crippen molar-refractivity contribution in [2.45, 2.75) is 19.3 Å². The molecule has 2 atom stereocenters. The fraction of sp³-hybridized carbons (Fsp3) is 0.304. The van der Waals surface area contributed by atoms with Crippen LogP contribution in [0.4, 0.5) is 4.79 Å². The number of nitrogens with one attached hydrogen (secondary N) is 2. The molecule has 0 radical (unpaired) electrons. The second-order valence-corrected chi connectivity index (χ2v) is 7.98. The summed E-state index contributed by atoms with van der Waals surface area (Å²) in [7, 11) is 0. The highest BCUT2D eigenvalue weighted by Gasteiger charge is 2.42. The van der Waals surface area contributed by atoms with Crippen molar-refractivity contribution in [1.29, 1.82) is 0 Å². The van der Waals surface area contributed by atoms with E-state index in [0.717, 1.165) is 22.0 Å². The van der Waals surface area contributed by atoms with Crippen LogP contribution in [0.5, 0.6) is 0 Å². The number of aromatic nitrogens is 1. The molecule has 150 valence electrons. The zero-order chi connectivity index (χ0) is 20.4. The van der Waals surface area contributed by atoms with Gasteiger partial charge in [0.1, 0.15) is 0 Å². The Kier molecular flexibility index (Phi) is 5.01. The number of carbonyl (C=O) groups excluding carboxylic acids is 1. The summed E-state index contributed by atoms with van der Waals surface area (Å²) in [5.41, 5.74) is 2.44. The van der Waals surface area contributed by atoms with Gasteiger partial charge in [-0.25, -0.2) is 4.79 Å². The summed E-state index contributed by atoms with van der Waals surface area (Å²) in [5, 5.41) is 13.6. The Morgan fingerprint density at radius 3 is 2.62 bits per heavy atom. The van der Waals surface area contributed by atoms with Gasteiger partial charge >= 0.3 is 12.0 Å². The van der Waals surface area contributed by atoms with Crippen LogP contribution in [0.3, 0.4) is 0 Å². The number of H-pyrrole nitrogens is 1. The lowest BCUT2D eigenvalue weighted by Crippen LogP contribution is -2.42. The predicted molar refractivity (Wildman–Crippen MR) is 112 cm³/mol. The number of urea groups is 1. The maximum absolute atomic E-state index is 12.7. The van der Waals surface area contributed by atoms with E-state index >= 15 is 0 Å². The number of aliphatic carboxylic acids is 1. The number of fused-ring (bicyclic) bond motifs is 1. The van der Waals surface area contributed by atoms with Crippen molar-refractivity contribution in [3.63, 3.8) is 0 Å². The third-order valence-electron chi connectivity index (χ3n) is 5.93. The number of carboxylic acid groups (broad SMARTS) is 1. The average molecular weight is 391 g/mol. The lowest BCUT2D eigenvalue weighted by Gasteiger charge is -2.23. The van der Waals surface area contributed by atoms with E-state index in [9.17, 15) is 14.7 Å². The molecule has 6 nitrogen and oxygen atoms in total. The topological polar surface area (TPSA) is 85.4 Å². The molecule has 1 aliphatic rings. The van der Waals surface area contributed by atoms with Crippen LogP contribution < -0.4 is 5.32 Å². The average Bonchev–Trinajstić information content (AvgIpc) is 3.34. The largest absolute Gasteiger partial charge is 0.481 e. The molecule has 2 unspecified atom stereocenters. The third-order valence-corrected chi connectivity index (χ3v) is 5.93. The third kappa shape index (κ3) is 3.70. The maximum atomic E-state index is 12.7. The summed E-state index contributed by atoms with van der Waals surface area (Å²) in [6.45, 7) is 2.82. The van der Waals surface area contributed by atoms with Crippen molar-refractivity contribution in [2.75, 3.05) is 19.6 Å². The first-order valence-corrected chi connectivity index (χ1v) is 9.85. The lowest BCUT2D eigenvalue weighted by molar-refractivity contribution is -0.147. The molecule has 1 fully saturated rings. The van der Waals surface area contributed by atoms with Crippen LogP contribution in [0.25, 0.3) is 10.9 Å². The predicted octanol–water partition coefficient (Wildman–Crippen LogP) is 3.81. The minimum atomic E-state index is -0.868. The number of hydrogen-bond acceptors (Lipinski definition) is 2. The van der Waals surface area contributed by atoms with Crippen LogP contribution in [0, 0.1) is 5.41 Å². The van der Waals surface area contributed by atoms with E-state index in [1.165, 1.54) is 0 Å². The van der Waals surface area contributed by atoms with E-state index in [4.69, 9.17) is 0 Å². The normalized spacial score (nSPS) is 20.0. The molecule has 6 heteroatoms. The maximum Gasteiger partial charge on any atom is 0.317 e. The van der Waals surface area contributed by atoms with Gasteiger partial charge in [0.15, 0.2) is 0 Å². The minimum Gasteiger partial charge on any atom is -0.481 e. The van der Waals surface area contributed by atoms with Gasteiger partial charge in [-0.05, 0) is 30.5 Å². The summed E-state index contributed by atoms with van der Waals surface area (Å²) >= 11 is 0. The zero-order valence-corrected chi connectivity index (χ0v) is 16.4. The zero-order valence-electron chi connectivity index (χ0n) is 16.4. The number of benzene rings is 2. The highest BCUT2D eigenvalue weighted by molar-refractivity contribution is 5.84. The number of aromatic amines is 1. The Bertz CT molecular complexity index is 1030. The molecule has 3 N–H and O–H groups in total. The Morgan fingerprint density at radius 1 is 1.17 bits per heavy atom. The van der Waals surface area contributed by atoms with Crippen LogP contribution in [0.1, 0.15) is 30.4 Å². The molecule has 0 saturated carbocycles. The standard InChI is InChI=1S/C23H25N3O3/c1-23(21(27)28)11-12-26(15-23)22(29)25-13-18(16-7-3-2-4-8-16)19-14-24-20-10-6-5-9-17(19)20/h2-10,14,18,24H,11-13,15H2,1H3,(H,25,29)(H,27,28). The molecule has 2 aromatic carbocycles. The van der Waals surface area contributed by atoms with Gasteiger partial charge in [-0.15, -0.1) is 0 Å². The van der Waals surface area contributed by atoms with Crippen LogP contribution in [0.2, 0.25) is 0 Å². The van der Waals surface area contributed by atoms with Crippen LogP contribution in [0.15, 0.2) is 60.8 Å². The van der Waals surface area contributed by atoms with E-state index in [1.807, 2.05) is 42.6 Å². The van der Waals surface area contributed by atoms with Crippen molar-refractivity contribution in [2.24, 2.45) is 5.41 Å². The summed E-state index contributed by atoms with van der Waals surface area (Å²) in [6, 6.07) is 18.0. The quantitative estimate of drug-likeness (QED) is 0.618. The Morgan fingerprint density at radius 2 is 1.90 bits per heavy atom. The second-order valence-electron chi connectivity index (χ2n) is 7.98. The highest BCUT2D eigenvalue weighted by Crippen LogP contribution is 2.32. The Hall–Kier alpha value is -3.28.